The summed E-state index contributed by atoms with van der Waals surface area (Å²) < 4.78 is 5.17. The minimum atomic E-state index is -0.00174. The Labute approximate surface area is 163 Å². The molecule has 0 bridgehead atoms. The highest BCUT2D eigenvalue weighted by Gasteiger charge is 2.13. The number of carbonyl (C=O) groups is 1. The molecule has 2 aromatic rings. The summed E-state index contributed by atoms with van der Waals surface area (Å²) >= 11 is 13.6. The van der Waals surface area contributed by atoms with E-state index in [0.717, 1.165) is 23.3 Å². The summed E-state index contributed by atoms with van der Waals surface area (Å²) in [7, 11) is 1.64. The van der Waals surface area contributed by atoms with Gasteiger partial charge >= 0.3 is 0 Å². The largest absolute Gasteiger partial charge is 0.497 e. The lowest BCUT2D eigenvalue weighted by atomic mass is 10.0. The minimum absolute atomic E-state index is 0.00174. The lowest BCUT2D eigenvalue weighted by Crippen LogP contribution is -2.29. The molecular formula is C19H21Cl2NO2S. The first-order chi connectivity index (χ1) is 12.0. The van der Waals surface area contributed by atoms with Gasteiger partial charge in [0, 0.05) is 15.8 Å². The van der Waals surface area contributed by atoms with Gasteiger partial charge in [-0.25, -0.2) is 0 Å². The van der Waals surface area contributed by atoms with Crippen LogP contribution in [0.5, 0.6) is 5.75 Å². The zero-order valence-electron chi connectivity index (χ0n) is 14.2. The molecule has 0 aliphatic heterocycles. The summed E-state index contributed by atoms with van der Waals surface area (Å²) in [5.41, 5.74) is 2.05. The molecule has 1 atom stereocenters. The summed E-state index contributed by atoms with van der Waals surface area (Å²) in [6, 6.07) is 13.2. The Bertz CT molecular complexity index is 707. The molecular weight excluding hydrogens is 377 g/mol. The Hall–Kier alpha value is -1.36. The predicted octanol–water partition coefficient (Wildman–Crippen LogP) is 5.50. The van der Waals surface area contributed by atoms with Crippen LogP contribution >= 0.6 is 35.0 Å². The van der Waals surface area contributed by atoms with Crippen LogP contribution in [0.2, 0.25) is 10.0 Å². The van der Waals surface area contributed by atoms with Crippen LogP contribution in [-0.2, 0) is 10.5 Å². The first-order valence-corrected chi connectivity index (χ1v) is 9.89. The molecule has 0 radical (unpaired) electrons. The van der Waals surface area contributed by atoms with E-state index in [0.29, 0.717) is 21.6 Å². The van der Waals surface area contributed by atoms with Crippen LogP contribution in [0.1, 0.15) is 30.5 Å². The van der Waals surface area contributed by atoms with Crippen LogP contribution in [0.25, 0.3) is 0 Å². The fraction of sp³-hybridized carbons (Fsp3) is 0.316. The second kappa shape index (κ2) is 9.95. The molecule has 0 aliphatic carbocycles. The van der Waals surface area contributed by atoms with Crippen molar-refractivity contribution in [2.24, 2.45) is 0 Å². The molecule has 0 fully saturated rings. The minimum Gasteiger partial charge on any atom is -0.497 e. The predicted molar refractivity (Wildman–Crippen MR) is 107 cm³/mol. The Morgan fingerprint density at radius 3 is 2.52 bits per heavy atom. The van der Waals surface area contributed by atoms with Gasteiger partial charge in [-0.15, -0.1) is 11.8 Å². The van der Waals surface area contributed by atoms with E-state index in [4.69, 9.17) is 27.9 Å². The van der Waals surface area contributed by atoms with Crippen LogP contribution in [0.15, 0.2) is 42.5 Å². The van der Waals surface area contributed by atoms with Gasteiger partial charge in [0.1, 0.15) is 5.75 Å². The lowest BCUT2D eigenvalue weighted by Gasteiger charge is -2.18. The maximum absolute atomic E-state index is 12.2. The van der Waals surface area contributed by atoms with Crippen LogP contribution in [0, 0.1) is 0 Å². The van der Waals surface area contributed by atoms with E-state index >= 15 is 0 Å². The highest BCUT2D eigenvalue weighted by atomic mass is 35.5. The molecule has 1 N–H and O–H groups in total. The SMILES string of the molecule is CC[C@H](NC(=O)CSCc1ccc(Cl)cc1Cl)c1ccc(OC)cc1. The van der Waals surface area contributed by atoms with Crippen molar-refractivity contribution in [1.29, 1.82) is 0 Å². The highest BCUT2D eigenvalue weighted by molar-refractivity contribution is 7.99. The van der Waals surface area contributed by atoms with Gasteiger partial charge in [0.15, 0.2) is 0 Å². The Morgan fingerprint density at radius 2 is 1.92 bits per heavy atom. The second-order valence-electron chi connectivity index (χ2n) is 5.53. The Morgan fingerprint density at radius 1 is 1.20 bits per heavy atom. The molecule has 3 nitrogen and oxygen atoms in total. The van der Waals surface area contributed by atoms with E-state index < -0.39 is 0 Å². The zero-order valence-corrected chi connectivity index (χ0v) is 16.5. The van der Waals surface area contributed by atoms with E-state index in [-0.39, 0.29) is 11.9 Å². The van der Waals surface area contributed by atoms with Gasteiger partial charge in [0.2, 0.25) is 5.91 Å². The average Bonchev–Trinajstić information content (AvgIpc) is 2.61. The summed E-state index contributed by atoms with van der Waals surface area (Å²) in [5, 5.41) is 4.32. The van der Waals surface area contributed by atoms with Crippen molar-refractivity contribution >= 4 is 40.9 Å². The summed E-state index contributed by atoms with van der Waals surface area (Å²) in [4.78, 5) is 12.2. The fourth-order valence-corrected chi connectivity index (χ4v) is 3.78. The maximum atomic E-state index is 12.2. The van der Waals surface area contributed by atoms with E-state index in [1.807, 2.05) is 30.3 Å². The van der Waals surface area contributed by atoms with Gasteiger partial charge in [-0.1, -0.05) is 48.3 Å². The zero-order chi connectivity index (χ0) is 18.2. The summed E-state index contributed by atoms with van der Waals surface area (Å²) in [6.07, 6.45) is 0.825. The molecule has 2 aromatic carbocycles. The number of rotatable bonds is 8. The number of halogens is 2. The molecule has 0 saturated carbocycles. The molecule has 0 aliphatic rings. The topological polar surface area (TPSA) is 38.3 Å². The third-order valence-corrected chi connectivity index (χ3v) is 5.34. The number of hydrogen-bond donors (Lipinski definition) is 1. The third kappa shape index (κ3) is 6.14. The van der Waals surface area contributed by atoms with Crippen LogP contribution < -0.4 is 10.1 Å². The normalized spacial score (nSPS) is 11.8. The van der Waals surface area contributed by atoms with Gasteiger partial charge in [-0.3, -0.25) is 4.79 Å². The van der Waals surface area contributed by atoms with Crippen molar-refractivity contribution in [3.05, 3.63) is 63.6 Å². The van der Waals surface area contributed by atoms with Crippen molar-refractivity contribution in [2.75, 3.05) is 12.9 Å². The maximum Gasteiger partial charge on any atom is 0.230 e. The van der Waals surface area contributed by atoms with Gasteiger partial charge in [-0.05, 0) is 41.8 Å². The molecule has 0 saturated heterocycles. The van der Waals surface area contributed by atoms with Gasteiger partial charge in [0.05, 0.1) is 18.9 Å². The molecule has 0 unspecified atom stereocenters. The van der Waals surface area contributed by atoms with Gasteiger partial charge in [-0.2, -0.15) is 0 Å². The van der Waals surface area contributed by atoms with Crippen LogP contribution in [0.3, 0.4) is 0 Å². The molecule has 2 rings (SSSR count). The van der Waals surface area contributed by atoms with Crippen molar-refractivity contribution in [3.8, 4) is 5.75 Å². The monoisotopic (exact) mass is 397 g/mol. The van der Waals surface area contributed by atoms with Crippen molar-refractivity contribution in [1.82, 2.24) is 5.32 Å². The molecule has 6 heteroatoms. The number of carbonyl (C=O) groups excluding carboxylic acids is 1. The van der Waals surface area contributed by atoms with Crippen molar-refractivity contribution in [3.63, 3.8) is 0 Å². The second-order valence-corrected chi connectivity index (χ2v) is 7.36. The highest BCUT2D eigenvalue weighted by Crippen LogP contribution is 2.25. The molecule has 1 amide bonds. The first-order valence-electron chi connectivity index (χ1n) is 7.98. The number of ether oxygens (including phenoxy) is 1. The summed E-state index contributed by atoms with van der Waals surface area (Å²) in [5.74, 6) is 1.87. The van der Waals surface area contributed by atoms with E-state index in [9.17, 15) is 4.79 Å². The number of nitrogens with one attached hydrogen (secondary N) is 1. The first kappa shape index (κ1) is 20.0. The summed E-state index contributed by atoms with van der Waals surface area (Å²) in [6.45, 7) is 2.05. The number of methoxy groups -OCH3 is 1. The quantitative estimate of drug-likeness (QED) is 0.638. The number of hydrogen-bond acceptors (Lipinski definition) is 3. The van der Waals surface area contributed by atoms with Gasteiger partial charge < -0.3 is 10.1 Å². The lowest BCUT2D eigenvalue weighted by molar-refractivity contribution is -0.119. The molecule has 0 heterocycles. The van der Waals surface area contributed by atoms with E-state index in [1.165, 1.54) is 11.8 Å². The molecule has 25 heavy (non-hydrogen) atoms. The smallest absolute Gasteiger partial charge is 0.230 e. The molecule has 134 valence electrons. The average molecular weight is 398 g/mol. The molecule has 0 spiro atoms. The Balaban J connectivity index is 1.85. The Kier molecular flexibility index (Phi) is 7.94. The standard InChI is InChI=1S/C19H21Cl2NO2S/c1-3-18(13-5-8-16(24-2)9-6-13)22-19(23)12-25-11-14-4-7-15(20)10-17(14)21/h4-10,18H,3,11-12H2,1-2H3,(H,22,23)/t18-/m0/s1. The number of benzene rings is 2. The molecule has 0 aromatic heterocycles. The number of thioether (sulfide) groups is 1. The van der Waals surface area contributed by atoms with Crippen molar-refractivity contribution in [2.45, 2.75) is 25.1 Å². The van der Waals surface area contributed by atoms with Crippen LogP contribution in [-0.4, -0.2) is 18.8 Å². The third-order valence-electron chi connectivity index (χ3n) is 3.77. The van der Waals surface area contributed by atoms with Gasteiger partial charge in [0.25, 0.3) is 0 Å². The number of amides is 1. The van der Waals surface area contributed by atoms with Crippen LogP contribution in [0.4, 0.5) is 0 Å². The fourth-order valence-electron chi connectivity index (χ4n) is 2.39. The van der Waals surface area contributed by atoms with Crippen molar-refractivity contribution < 1.29 is 9.53 Å². The van der Waals surface area contributed by atoms with E-state index in [2.05, 4.69) is 12.2 Å². The van der Waals surface area contributed by atoms with E-state index in [1.54, 1.807) is 19.2 Å².